The zero-order valence-electron chi connectivity index (χ0n) is 11.6. The van der Waals surface area contributed by atoms with E-state index >= 15 is 0 Å². The minimum Gasteiger partial charge on any atom is -0.353 e. The molecule has 1 saturated carbocycles. The van der Waals surface area contributed by atoms with Crippen molar-refractivity contribution < 1.29 is 9.47 Å². The van der Waals surface area contributed by atoms with Gasteiger partial charge in [-0.15, -0.1) is 0 Å². The third-order valence-corrected chi connectivity index (χ3v) is 5.10. The molecule has 3 unspecified atom stereocenters. The van der Waals surface area contributed by atoms with E-state index in [1.54, 1.807) is 5.57 Å². The first kappa shape index (κ1) is 12.7. The highest BCUT2D eigenvalue weighted by Crippen LogP contribution is 2.49. The fourth-order valence-corrected chi connectivity index (χ4v) is 3.91. The highest BCUT2D eigenvalue weighted by molar-refractivity contribution is 5.21. The number of hydrogen-bond acceptors (Lipinski definition) is 2. The molecule has 0 amide bonds. The Bertz CT molecular complexity index is 317. The summed E-state index contributed by atoms with van der Waals surface area (Å²) in [6.45, 7) is 3.31. The van der Waals surface area contributed by atoms with Crippen LogP contribution in [0.1, 0.15) is 64.7 Å². The summed E-state index contributed by atoms with van der Waals surface area (Å²) in [6, 6.07) is 0. The van der Waals surface area contributed by atoms with Crippen LogP contribution in [0.15, 0.2) is 11.6 Å². The first-order valence-electron chi connectivity index (χ1n) is 7.75. The molecule has 0 aromatic rings. The molecule has 0 N–H and O–H groups in total. The van der Waals surface area contributed by atoms with Crippen LogP contribution in [0.4, 0.5) is 0 Å². The van der Waals surface area contributed by atoms with Gasteiger partial charge >= 0.3 is 0 Å². The zero-order chi connectivity index (χ0) is 12.4. The molecule has 2 nitrogen and oxygen atoms in total. The standard InChI is InChI=1S/C16H26O2/c1-16-11-4-2-7-13(16)8-6-9-14(16)18-15-10-3-5-12-17-15/h7,14-15H,2-6,8-12H2,1H3. The Labute approximate surface area is 111 Å². The van der Waals surface area contributed by atoms with E-state index in [4.69, 9.17) is 9.47 Å². The Hall–Kier alpha value is -0.340. The van der Waals surface area contributed by atoms with Crippen molar-refractivity contribution in [2.75, 3.05) is 6.61 Å². The number of hydrogen-bond donors (Lipinski definition) is 0. The summed E-state index contributed by atoms with van der Waals surface area (Å²) in [7, 11) is 0. The number of fused-ring (bicyclic) bond motifs is 1. The molecule has 2 fully saturated rings. The molecule has 3 rings (SSSR count). The van der Waals surface area contributed by atoms with E-state index in [1.165, 1.54) is 51.4 Å². The highest BCUT2D eigenvalue weighted by Gasteiger charge is 2.42. The minimum atomic E-state index is 0.0712. The Balaban J connectivity index is 1.70. The van der Waals surface area contributed by atoms with Crippen LogP contribution in [0.25, 0.3) is 0 Å². The second kappa shape index (κ2) is 5.34. The normalized spacial score (nSPS) is 41.1. The third kappa shape index (κ3) is 2.37. The molecule has 18 heavy (non-hydrogen) atoms. The van der Waals surface area contributed by atoms with Crippen molar-refractivity contribution in [1.29, 1.82) is 0 Å². The van der Waals surface area contributed by atoms with Gasteiger partial charge < -0.3 is 9.47 Å². The predicted octanol–water partition coefficient (Wildman–Crippen LogP) is 4.20. The van der Waals surface area contributed by atoms with Gasteiger partial charge in [0.05, 0.1) is 6.10 Å². The first-order chi connectivity index (χ1) is 8.79. The van der Waals surface area contributed by atoms with Crippen molar-refractivity contribution in [2.45, 2.75) is 77.1 Å². The Morgan fingerprint density at radius 2 is 2.17 bits per heavy atom. The fraction of sp³-hybridized carbons (Fsp3) is 0.875. The largest absolute Gasteiger partial charge is 0.353 e. The van der Waals surface area contributed by atoms with E-state index in [9.17, 15) is 0 Å². The van der Waals surface area contributed by atoms with Crippen molar-refractivity contribution in [2.24, 2.45) is 5.41 Å². The molecule has 3 atom stereocenters. The Kier molecular flexibility index (Phi) is 3.76. The van der Waals surface area contributed by atoms with Gasteiger partial charge in [0.25, 0.3) is 0 Å². The lowest BCUT2D eigenvalue weighted by Crippen LogP contribution is -2.43. The van der Waals surface area contributed by atoms with Crippen LogP contribution in [-0.2, 0) is 9.47 Å². The van der Waals surface area contributed by atoms with Crippen molar-refractivity contribution >= 4 is 0 Å². The van der Waals surface area contributed by atoms with Crippen LogP contribution in [0.3, 0.4) is 0 Å². The molecule has 1 aliphatic heterocycles. The molecule has 0 aromatic carbocycles. The third-order valence-electron chi connectivity index (χ3n) is 5.10. The van der Waals surface area contributed by atoms with Crippen LogP contribution in [-0.4, -0.2) is 19.0 Å². The van der Waals surface area contributed by atoms with Gasteiger partial charge in [-0.2, -0.15) is 0 Å². The Morgan fingerprint density at radius 1 is 1.22 bits per heavy atom. The molecule has 0 radical (unpaired) electrons. The molecule has 0 bridgehead atoms. The molecule has 0 spiro atoms. The topological polar surface area (TPSA) is 18.5 Å². The lowest BCUT2D eigenvalue weighted by molar-refractivity contribution is -0.212. The molecule has 2 heteroatoms. The van der Waals surface area contributed by atoms with Gasteiger partial charge in [0.15, 0.2) is 6.29 Å². The molecular formula is C16H26O2. The first-order valence-corrected chi connectivity index (χ1v) is 7.75. The van der Waals surface area contributed by atoms with E-state index in [0.29, 0.717) is 11.5 Å². The summed E-state index contributed by atoms with van der Waals surface area (Å²) in [6.07, 6.45) is 14.2. The average Bonchev–Trinajstić information content (AvgIpc) is 2.41. The lowest BCUT2D eigenvalue weighted by Gasteiger charge is -2.46. The van der Waals surface area contributed by atoms with E-state index in [-0.39, 0.29) is 6.29 Å². The monoisotopic (exact) mass is 250 g/mol. The molecule has 2 aliphatic carbocycles. The molecule has 3 aliphatic rings. The second-order valence-corrected chi connectivity index (χ2v) is 6.35. The molecule has 102 valence electrons. The molecule has 0 aromatic heterocycles. The molecule has 1 heterocycles. The second-order valence-electron chi connectivity index (χ2n) is 6.35. The maximum atomic E-state index is 6.34. The Morgan fingerprint density at radius 3 is 3.00 bits per heavy atom. The van der Waals surface area contributed by atoms with Crippen LogP contribution < -0.4 is 0 Å². The van der Waals surface area contributed by atoms with Gasteiger partial charge in [0, 0.05) is 12.0 Å². The highest BCUT2D eigenvalue weighted by atomic mass is 16.7. The zero-order valence-corrected chi connectivity index (χ0v) is 11.6. The van der Waals surface area contributed by atoms with E-state index in [1.807, 2.05) is 0 Å². The number of rotatable bonds is 2. The van der Waals surface area contributed by atoms with Gasteiger partial charge in [-0.25, -0.2) is 0 Å². The van der Waals surface area contributed by atoms with Gasteiger partial charge in [-0.3, -0.25) is 0 Å². The van der Waals surface area contributed by atoms with Gasteiger partial charge in [-0.1, -0.05) is 18.6 Å². The maximum Gasteiger partial charge on any atom is 0.157 e. The summed E-state index contributed by atoms with van der Waals surface area (Å²) < 4.78 is 12.1. The van der Waals surface area contributed by atoms with E-state index in [0.717, 1.165) is 13.0 Å². The van der Waals surface area contributed by atoms with Crippen LogP contribution in [0, 0.1) is 5.41 Å². The summed E-state index contributed by atoms with van der Waals surface area (Å²) in [5, 5.41) is 0. The van der Waals surface area contributed by atoms with Crippen LogP contribution in [0.2, 0.25) is 0 Å². The van der Waals surface area contributed by atoms with Crippen LogP contribution in [0.5, 0.6) is 0 Å². The van der Waals surface area contributed by atoms with Crippen molar-refractivity contribution in [3.63, 3.8) is 0 Å². The fourth-order valence-electron chi connectivity index (χ4n) is 3.91. The molecule has 1 saturated heterocycles. The maximum absolute atomic E-state index is 6.34. The van der Waals surface area contributed by atoms with E-state index in [2.05, 4.69) is 13.0 Å². The summed E-state index contributed by atoms with van der Waals surface area (Å²) in [5.41, 5.74) is 1.97. The van der Waals surface area contributed by atoms with Crippen molar-refractivity contribution in [3.8, 4) is 0 Å². The van der Waals surface area contributed by atoms with Gasteiger partial charge in [-0.05, 0) is 57.8 Å². The number of allylic oxidation sites excluding steroid dienone is 1. The van der Waals surface area contributed by atoms with Gasteiger partial charge in [0.2, 0.25) is 0 Å². The SMILES string of the molecule is CC12CCCC=C1CCCC2OC1CCCCO1. The predicted molar refractivity (Wildman–Crippen MR) is 72.4 cm³/mol. The smallest absolute Gasteiger partial charge is 0.157 e. The van der Waals surface area contributed by atoms with Crippen LogP contribution >= 0.6 is 0 Å². The van der Waals surface area contributed by atoms with E-state index < -0.39 is 0 Å². The minimum absolute atomic E-state index is 0.0712. The summed E-state index contributed by atoms with van der Waals surface area (Å²) >= 11 is 0. The number of ether oxygens (including phenoxy) is 2. The van der Waals surface area contributed by atoms with Crippen molar-refractivity contribution in [3.05, 3.63) is 11.6 Å². The quantitative estimate of drug-likeness (QED) is 0.684. The lowest BCUT2D eigenvalue weighted by atomic mass is 9.64. The molecular weight excluding hydrogens is 224 g/mol. The van der Waals surface area contributed by atoms with Crippen molar-refractivity contribution in [1.82, 2.24) is 0 Å². The average molecular weight is 250 g/mol. The van der Waals surface area contributed by atoms with Gasteiger partial charge in [0.1, 0.15) is 0 Å². The summed E-state index contributed by atoms with van der Waals surface area (Å²) in [4.78, 5) is 0. The summed E-state index contributed by atoms with van der Waals surface area (Å²) in [5.74, 6) is 0.